The topological polar surface area (TPSA) is 0 Å². The minimum Gasteiger partial charge on any atom is -0.0610 e. The minimum absolute atomic E-state index is 1.33. The first kappa shape index (κ1) is 16.8. The first-order valence-electron chi connectivity index (χ1n) is 9.79. The summed E-state index contributed by atoms with van der Waals surface area (Å²) >= 11 is 0. The van der Waals surface area contributed by atoms with Crippen LogP contribution < -0.4 is 0 Å². The number of hydrogen-bond acceptors (Lipinski definition) is 0. The van der Waals surface area contributed by atoms with E-state index < -0.39 is 0 Å². The maximum atomic E-state index is 2.22. The molecule has 0 N–H and O–H groups in total. The van der Waals surface area contributed by atoms with Gasteiger partial charge in [0.2, 0.25) is 0 Å². The van der Waals surface area contributed by atoms with Crippen molar-refractivity contribution in [2.45, 2.75) is 13.8 Å². The fraction of sp³-hybridized carbons (Fsp3) is 0.0714. The summed E-state index contributed by atoms with van der Waals surface area (Å²) < 4.78 is 0. The Kier molecular flexibility index (Phi) is 3.98. The molecule has 0 radical (unpaired) electrons. The maximum Gasteiger partial charge on any atom is -0.00268 e. The molecule has 0 unspecified atom stereocenters. The lowest BCUT2D eigenvalue weighted by atomic mass is 9.95. The lowest BCUT2D eigenvalue weighted by Crippen LogP contribution is -1.82. The molecule has 28 heavy (non-hydrogen) atoms. The summed E-state index contributed by atoms with van der Waals surface area (Å²) in [5.41, 5.74) is 2.65. The third kappa shape index (κ3) is 2.88. The van der Waals surface area contributed by atoms with Gasteiger partial charge in [-0.1, -0.05) is 108 Å². The van der Waals surface area contributed by atoms with E-state index in [9.17, 15) is 0 Å². The molecule has 0 saturated heterocycles. The molecule has 0 spiro atoms. The molecule has 0 amide bonds. The molecule has 0 aromatic heterocycles. The van der Waals surface area contributed by atoms with Crippen molar-refractivity contribution in [3.8, 4) is 0 Å². The molecule has 6 rings (SSSR count). The van der Waals surface area contributed by atoms with Gasteiger partial charge in [-0.2, -0.15) is 0 Å². The molecule has 0 fully saturated rings. The Bertz CT molecular complexity index is 1250. The highest BCUT2D eigenvalue weighted by molar-refractivity contribution is 6.22. The Labute approximate surface area is 165 Å². The van der Waals surface area contributed by atoms with Crippen molar-refractivity contribution in [2.75, 3.05) is 0 Å². The van der Waals surface area contributed by atoms with Gasteiger partial charge in [-0.05, 0) is 56.9 Å². The fourth-order valence-electron chi connectivity index (χ4n) is 4.15. The van der Waals surface area contributed by atoms with Crippen molar-refractivity contribution in [1.29, 1.82) is 0 Å². The summed E-state index contributed by atoms with van der Waals surface area (Å²) in [6.07, 6.45) is 0. The standard InChI is InChI=1S/C16H10.C12H12/c1-3-11-7-9-13-5-2-6-14-10-8-12(4-1)15(11)16(13)14;1-9-3-5-12-8-10(2)4-6-11(12)7-9/h1-10H;3-8H,1-2H3. The maximum absolute atomic E-state index is 2.22. The zero-order chi connectivity index (χ0) is 19.1. The van der Waals surface area contributed by atoms with Gasteiger partial charge in [-0.3, -0.25) is 0 Å². The van der Waals surface area contributed by atoms with Gasteiger partial charge < -0.3 is 0 Å². The summed E-state index contributed by atoms with van der Waals surface area (Å²) in [6.45, 7) is 4.25. The highest BCUT2D eigenvalue weighted by atomic mass is 14.1. The Morgan fingerprint density at radius 3 is 1.04 bits per heavy atom. The van der Waals surface area contributed by atoms with E-state index in [0.717, 1.165) is 0 Å². The molecule has 6 aromatic rings. The van der Waals surface area contributed by atoms with E-state index in [2.05, 4.69) is 111 Å². The third-order valence-electron chi connectivity index (χ3n) is 5.54. The first-order valence-corrected chi connectivity index (χ1v) is 9.79. The van der Waals surface area contributed by atoms with E-state index in [0.29, 0.717) is 0 Å². The van der Waals surface area contributed by atoms with Crippen molar-refractivity contribution in [1.82, 2.24) is 0 Å². The molecule has 0 aliphatic rings. The van der Waals surface area contributed by atoms with Crippen LogP contribution in [-0.4, -0.2) is 0 Å². The molecule has 0 aliphatic heterocycles. The van der Waals surface area contributed by atoms with Crippen LogP contribution in [0.25, 0.3) is 43.1 Å². The fourth-order valence-corrected chi connectivity index (χ4v) is 4.15. The molecule has 0 bridgehead atoms. The quantitative estimate of drug-likeness (QED) is 0.241. The summed E-state index contributed by atoms with van der Waals surface area (Å²) in [6, 6.07) is 35.0. The third-order valence-corrected chi connectivity index (χ3v) is 5.54. The van der Waals surface area contributed by atoms with Gasteiger partial charge in [0.05, 0.1) is 0 Å². The van der Waals surface area contributed by atoms with Gasteiger partial charge in [-0.15, -0.1) is 0 Å². The van der Waals surface area contributed by atoms with Crippen LogP contribution in [0, 0.1) is 13.8 Å². The van der Waals surface area contributed by atoms with Crippen LogP contribution in [0.3, 0.4) is 0 Å². The van der Waals surface area contributed by atoms with Gasteiger partial charge in [0, 0.05) is 0 Å². The van der Waals surface area contributed by atoms with Crippen LogP contribution in [0.1, 0.15) is 11.1 Å². The average molecular weight is 358 g/mol. The van der Waals surface area contributed by atoms with Gasteiger partial charge in [0.15, 0.2) is 0 Å². The average Bonchev–Trinajstić information content (AvgIpc) is 2.73. The predicted octanol–water partition coefficient (Wildman–Crippen LogP) is 8.04. The molecule has 0 heteroatoms. The number of fused-ring (bicyclic) bond motifs is 1. The van der Waals surface area contributed by atoms with Crippen molar-refractivity contribution in [2.24, 2.45) is 0 Å². The lowest BCUT2D eigenvalue weighted by Gasteiger charge is -2.09. The predicted molar refractivity (Wildman–Crippen MR) is 124 cm³/mol. The van der Waals surface area contributed by atoms with Crippen LogP contribution in [0.2, 0.25) is 0 Å². The molecular formula is C28H22. The van der Waals surface area contributed by atoms with Crippen LogP contribution in [0.5, 0.6) is 0 Å². The second-order valence-electron chi connectivity index (χ2n) is 7.64. The molecule has 0 aliphatic carbocycles. The molecule has 134 valence electrons. The van der Waals surface area contributed by atoms with Crippen molar-refractivity contribution >= 4 is 43.1 Å². The zero-order valence-corrected chi connectivity index (χ0v) is 16.2. The molecule has 0 heterocycles. The van der Waals surface area contributed by atoms with Gasteiger partial charge in [0.1, 0.15) is 0 Å². The summed E-state index contributed by atoms with van der Waals surface area (Å²) in [4.78, 5) is 0. The first-order chi connectivity index (χ1) is 13.7. The Hall–Kier alpha value is -3.38. The van der Waals surface area contributed by atoms with E-state index in [4.69, 9.17) is 0 Å². The highest BCUT2D eigenvalue weighted by Crippen LogP contribution is 2.33. The van der Waals surface area contributed by atoms with Crippen molar-refractivity contribution in [3.05, 3.63) is 108 Å². The largest absolute Gasteiger partial charge is 0.0610 e. The Morgan fingerprint density at radius 2 is 0.679 bits per heavy atom. The van der Waals surface area contributed by atoms with Gasteiger partial charge in [0.25, 0.3) is 0 Å². The van der Waals surface area contributed by atoms with Gasteiger partial charge in [-0.25, -0.2) is 0 Å². The molecule has 6 aromatic carbocycles. The number of aryl methyl sites for hydroxylation is 2. The molecular weight excluding hydrogens is 336 g/mol. The molecule has 0 saturated carbocycles. The highest BCUT2D eigenvalue weighted by Gasteiger charge is 2.06. The van der Waals surface area contributed by atoms with E-state index >= 15 is 0 Å². The number of hydrogen-bond donors (Lipinski definition) is 0. The molecule has 0 nitrogen and oxygen atoms in total. The molecule has 0 atom stereocenters. The van der Waals surface area contributed by atoms with Crippen LogP contribution in [0.15, 0.2) is 97.1 Å². The second kappa shape index (κ2) is 6.65. The van der Waals surface area contributed by atoms with Crippen LogP contribution >= 0.6 is 0 Å². The van der Waals surface area contributed by atoms with Crippen molar-refractivity contribution in [3.63, 3.8) is 0 Å². The number of benzene rings is 6. The second-order valence-corrected chi connectivity index (χ2v) is 7.64. The van der Waals surface area contributed by atoms with Crippen LogP contribution in [-0.2, 0) is 0 Å². The SMILES string of the molecule is Cc1ccc2cc(C)ccc2c1.c1cc2ccc3cccc4ccc(c1)c2c34. The van der Waals surface area contributed by atoms with Gasteiger partial charge >= 0.3 is 0 Å². The summed E-state index contributed by atoms with van der Waals surface area (Å²) in [5, 5.41) is 10.8. The normalized spacial score (nSPS) is 11.2. The smallest absolute Gasteiger partial charge is 0.00268 e. The monoisotopic (exact) mass is 358 g/mol. The van der Waals surface area contributed by atoms with Crippen LogP contribution in [0.4, 0.5) is 0 Å². The van der Waals surface area contributed by atoms with E-state index in [1.54, 1.807) is 0 Å². The summed E-state index contributed by atoms with van der Waals surface area (Å²) in [7, 11) is 0. The summed E-state index contributed by atoms with van der Waals surface area (Å²) in [5.74, 6) is 0. The lowest BCUT2D eigenvalue weighted by molar-refractivity contribution is 1.47. The Balaban J connectivity index is 0.000000128. The Morgan fingerprint density at radius 1 is 0.357 bits per heavy atom. The number of rotatable bonds is 0. The minimum atomic E-state index is 1.33. The van der Waals surface area contributed by atoms with E-state index in [1.807, 2.05) is 0 Å². The van der Waals surface area contributed by atoms with E-state index in [1.165, 1.54) is 54.2 Å². The van der Waals surface area contributed by atoms with E-state index in [-0.39, 0.29) is 0 Å². The zero-order valence-electron chi connectivity index (χ0n) is 16.2. The van der Waals surface area contributed by atoms with Crippen molar-refractivity contribution < 1.29 is 0 Å².